The second-order valence-electron chi connectivity index (χ2n) is 8.05. The summed E-state index contributed by atoms with van der Waals surface area (Å²) in [5, 5.41) is 15.5. The van der Waals surface area contributed by atoms with Gasteiger partial charge < -0.3 is 14.5 Å². The van der Waals surface area contributed by atoms with Crippen LogP contribution >= 0.6 is 34.7 Å². The van der Waals surface area contributed by atoms with E-state index in [9.17, 15) is 4.79 Å². The van der Waals surface area contributed by atoms with Crippen molar-refractivity contribution in [1.29, 1.82) is 0 Å². The smallest absolute Gasteiger partial charge is 0.270 e. The molecule has 0 bridgehead atoms. The summed E-state index contributed by atoms with van der Waals surface area (Å²) in [5.41, 5.74) is 1.19. The van der Waals surface area contributed by atoms with Gasteiger partial charge in [0.1, 0.15) is 10.7 Å². The molecule has 4 aromatic rings. The summed E-state index contributed by atoms with van der Waals surface area (Å²) >= 11 is 9.42. The summed E-state index contributed by atoms with van der Waals surface area (Å²) in [5.74, 6) is 1.54. The molecule has 1 saturated heterocycles. The fourth-order valence-electron chi connectivity index (χ4n) is 3.81. The summed E-state index contributed by atoms with van der Waals surface area (Å²) in [6.07, 6.45) is 2.49. The number of amides is 1. The van der Waals surface area contributed by atoms with Gasteiger partial charge in [-0.1, -0.05) is 35.5 Å². The average molecular weight is 545 g/mol. The van der Waals surface area contributed by atoms with Gasteiger partial charge in [-0.25, -0.2) is 4.98 Å². The van der Waals surface area contributed by atoms with Gasteiger partial charge in [-0.05, 0) is 37.2 Å². The molecule has 4 heterocycles. The standard InChI is InChI=1S/C24H25ClN6O3S2/c25-17-5-1-2-6-19(17)31-22(20-7-3-12-34-20)28-29-24(31)36-16-21-27-18(15-35-21)23(32)26-8-4-9-30-10-13-33-14-11-30/h1-3,5-7,12,15H,4,8-11,13-14,16H2,(H,26,32). The molecule has 5 rings (SSSR count). The van der Waals surface area contributed by atoms with Gasteiger partial charge >= 0.3 is 0 Å². The van der Waals surface area contributed by atoms with Gasteiger partial charge in [-0.2, -0.15) is 0 Å². The monoisotopic (exact) mass is 544 g/mol. The molecule has 0 spiro atoms. The highest BCUT2D eigenvalue weighted by Gasteiger charge is 2.20. The van der Waals surface area contributed by atoms with Gasteiger partial charge in [0.05, 0.1) is 35.9 Å². The van der Waals surface area contributed by atoms with Crippen molar-refractivity contribution in [3.05, 3.63) is 63.8 Å². The van der Waals surface area contributed by atoms with Crippen LogP contribution in [-0.2, 0) is 10.5 Å². The number of thiazole rings is 1. The van der Waals surface area contributed by atoms with Gasteiger partial charge in [-0.3, -0.25) is 14.3 Å². The number of ether oxygens (including phenoxy) is 1. The number of hydrogen-bond donors (Lipinski definition) is 1. The van der Waals surface area contributed by atoms with Gasteiger partial charge in [0.2, 0.25) is 5.82 Å². The third-order valence-corrected chi connectivity index (χ3v) is 7.91. The van der Waals surface area contributed by atoms with E-state index in [1.165, 1.54) is 23.1 Å². The summed E-state index contributed by atoms with van der Waals surface area (Å²) in [7, 11) is 0. The van der Waals surface area contributed by atoms with Crippen molar-refractivity contribution in [2.45, 2.75) is 17.3 Å². The van der Waals surface area contributed by atoms with Crippen molar-refractivity contribution >= 4 is 40.6 Å². The minimum Gasteiger partial charge on any atom is -0.461 e. The molecule has 188 valence electrons. The van der Waals surface area contributed by atoms with Crippen molar-refractivity contribution in [2.75, 3.05) is 39.4 Å². The van der Waals surface area contributed by atoms with Crippen molar-refractivity contribution in [3.63, 3.8) is 0 Å². The number of aromatic nitrogens is 4. The number of morpholine rings is 1. The van der Waals surface area contributed by atoms with E-state index in [2.05, 4.69) is 25.4 Å². The van der Waals surface area contributed by atoms with Crippen molar-refractivity contribution in [1.82, 2.24) is 30.0 Å². The van der Waals surface area contributed by atoms with Crippen LogP contribution in [0.5, 0.6) is 0 Å². The van der Waals surface area contributed by atoms with Crippen molar-refractivity contribution in [3.8, 4) is 17.3 Å². The highest BCUT2D eigenvalue weighted by molar-refractivity contribution is 7.98. The number of thioether (sulfide) groups is 1. The third-order valence-electron chi connectivity index (χ3n) is 5.62. The molecule has 12 heteroatoms. The molecule has 1 fully saturated rings. The molecule has 0 saturated carbocycles. The van der Waals surface area contributed by atoms with Crippen LogP contribution in [0, 0.1) is 0 Å². The Morgan fingerprint density at radius 2 is 2.03 bits per heavy atom. The predicted molar refractivity (Wildman–Crippen MR) is 140 cm³/mol. The van der Waals surface area contributed by atoms with Crippen LogP contribution in [0.15, 0.2) is 57.6 Å². The van der Waals surface area contributed by atoms with E-state index in [4.69, 9.17) is 20.8 Å². The maximum atomic E-state index is 12.5. The minimum absolute atomic E-state index is 0.149. The maximum Gasteiger partial charge on any atom is 0.270 e. The fourth-order valence-corrected chi connectivity index (χ4v) is 5.76. The third kappa shape index (κ3) is 5.98. The van der Waals surface area contributed by atoms with E-state index >= 15 is 0 Å². The zero-order chi connectivity index (χ0) is 24.7. The molecular weight excluding hydrogens is 520 g/mol. The molecular formula is C24H25ClN6O3S2. The minimum atomic E-state index is -0.149. The van der Waals surface area contributed by atoms with Crippen molar-refractivity contribution < 1.29 is 13.9 Å². The molecule has 0 atom stereocenters. The van der Waals surface area contributed by atoms with Gasteiger partial charge in [-0.15, -0.1) is 21.5 Å². The number of nitrogens with one attached hydrogen (secondary N) is 1. The molecule has 1 aromatic carbocycles. The molecule has 9 nitrogen and oxygen atoms in total. The molecule has 0 unspecified atom stereocenters. The van der Waals surface area contributed by atoms with Crippen LogP contribution in [0.25, 0.3) is 17.3 Å². The first-order chi connectivity index (χ1) is 17.7. The van der Waals surface area contributed by atoms with E-state index < -0.39 is 0 Å². The number of para-hydroxylation sites is 1. The molecule has 1 amide bonds. The Morgan fingerprint density at radius 1 is 1.17 bits per heavy atom. The first kappa shape index (κ1) is 25.0. The maximum absolute atomic E-state index is 12.5. The lowest BCUT2D eigenvalue weighted by molar-refractivity contribution is 0.0374. The second-order valence-corrected chi connectivity index (χ2v) is 10.3. The average Bonchev–Trinajstić information content (AvgIpc) is 3.67. The van der Waals surface area contributed by atoms with Crippen LogP contribution in [0.2, 0.25) is 5.02 Å². The Kier molecular flexibility index (Phi) is 8.34. The lowest BCUT2D eigenvalue weighted by Gasteiger charge is -2.26. The molecule has 3 aromatic heterocycles. The SMILES string of the molecule is O=C(NCCCN1CCOCC1)c1csc(CSc2nnc(-c3ccco3)n2-c2ccccc2Cl)n1. The fraction of sp³-hybridized carbons (Fsp3) is 0.333. The van der Waals surface area contributed by atoms with Gasteiger partial charge in [0.25, 0.3) is 5.91 Å². The van der Waals surface area contributed by atoms with Gasteiger partial charge in [0, 0.05) is 25.0 Å². The number of carbonyl (C=O) groups is 1. The molecule has 1 aliphatic heterocycles. The highest BCUT2D eigenvalue weighted by Crippen LogP contribution is 2.33. The number of rotatable bonds is 10. The highest BCUT2D eigenvalue weighted by atomic mass is 35.5. The van der Waals surface area contributed by atoms with Crippen LogP contribution in [0.1, 0.15) is 21.9 Å². The van der Waals surface area contributed by atoms with Crippen LogP contribution in [-0.4, -0.2) is 69.9 Å². The Morgan fingerprint density at radius 3 is 2.83 bits per heavy atom. The Bertz CT molecular complexity index is 1290. The second kappa shape index (κ2) is 12.0. The Balaban J connectivity index is 1.21. The quantitative estimate of drug-likeness (QED) is 0.232. The Hall–Kier alpha value is -2.70. The summed E-state index contributed by atoms with van der Waals surface area (Å²) in [6.45, 7) is 5.04. The lowest BCUT2D eigenvalue weighted by atomic mass is 10.3. The zero-order valence-electron chi connectivity index (χ0n) is 19.4. The molecule has 0 radical (unpaired) electrons. The summed E-state index contributed by atoms with van der Waals surface area (Å²) in [6, 6.07) is 11.2. The van der Waals surface area contributed by atoms with Crippen LogP contribution < -0.4 is 5.32 Å². The number of carbonyl (C=O) groups excluding carboxylic acids is 1. The molecule has 36 heavy (non-hydrogen) atoms. The number of benzene rings is 1. The number of hydrogen-bond acceptors (Lipinski definition) is 9. The van der Waals surface area contributed by atoms with Crippen LogP contribution in [0.3, 0.4) is 0 Å². The van der Waals surface area contributed by atoms with E-state index in [1.54, 1.807) is 17.7 Å². The van der Waals surface area contributed by atoms with E-state index in [0.717, 1.165) is 50.0 Å². The Labute approximate surface area is 221 Å². The first-order valence-corrected chi connectivity index (χ1v) is 13.8. The topological polar surface area (TPSA) is 98.3 Å². The number of halogens is 1. The van der Waals surface area contributed by atoms with E-state index in [1.807, 2.05) is 34.9 Å². The first-order valence-electron chi connectivity index (χ1n) is 11.6. The van der Waals surface area contributed by atoms with Crippen molar-refractivity contribution in [2.24, 2.45) is 0 Å². The largest absolute Gasteiger partial charge is 0.461 e. The summed E-state index contributed by atoms with van der Waals surface area (Å²) in [4.78, 5) is 19.4. The summed E-state index contributed by atoms with van der Waals surface area (Å²) < 4.78 is 12.8. The zero-order valence-corrected chi connectivity index (χ0v) is 21.8. The normalized spacial score (nSPS) is 14.2. The number of nitrogens with zero attached hydrogens (tertiary/aromatic N) is 5. The predicted octanol–water partition coefficient (Wildman–Crippen LogP) is 4.38. The number of furan rings is 1. The van der Waals surface area contributed by atoms with E-state index in [-0.39, 0.29) is 5.91 Å². The molecule has 0 aliphatic carbocycles. The van der Waals surface area contributed by atoms with Gasteiger partial charge in [0.15, 0.2) is 10.9 Å². The molecule has 1 N–H and O–H groups in total. The molecule has 1 aliphatic rings. The van der Waals surface area contributed by atoms with Crippen LogP contribution in [0.4, 0.5) is 0 Å². The van der Waals surface area contributed by atoms with E-state index in [0.29, 0.717) is 39.8 Å². The lowest BCUT2D eigenvalue weighted by Crippen LogP contribution is -2.38.